The standard InChI is InChI=1S/C17H25N/c1-12-5-7-14(8-6-12)18-15-16(2,3)13-9-10-17(15,4)11-13/h5-8,13,15,18H,9-11H2,1-4H3/t13-,15?,17+/m0/s1. The third-order valence-electron chi connectivity index (χ3n) is 5.63. The highest BCUT2D eigenvalue weighted by molar-refractivity contribution is 5.47. The van der Waals surface area contributed by atoms with Gasteiger partial charge in [-0.3, -0.25) is 0 Å². The third kappa shape index (κ3) is 1.67. The fourth-order valence-electron chi connectivity index (χ4n) is 4.48. The van der Waals surface area contributed by atoms with Crippen LogP contribution in [0.5, 0.6) is 0 Å². The summed E-state index contributed by atoms with van der Waals surface area (Å²) in [7, 11) is 0. The van der Waals surface area contributed by atoms with Crippen LogP contribution in [0.15, 0.2) is 24.3 Å². The van der Waals surface area contributed by atoms with Gasteiger partial charge in [0.2, 0.25) is 0 Å². The molecule has 1 N–H and O–H groups in total. The fourth-order valence-corrected chi connectivity index (χ4v) is 4.48. The van der Waals surface area contributed by atoms with Crippen molar-refractivity contribution < 1.29 is 0 Å². The van der Waals surface area contributed by atoms with E-state index in [2.05, 4.69) is 57.3 Å². The zero-order chi connectivity index (χ0) is 13.0. The number of fused-ring (bicyclic) bond motifs is 2. The monoisotopic (exact) mass is 243 g/mol. The van der Waals surface area contributed by atoms with E-state index in [0.29, 0.717) is 16.9 Å². The minimum atomic E-state index is 0.428. The number of nitrogens with one attached hydrogen (secondary N) is 1. The molecular weight excluding hydrogens is 218 g/mol. The average molecular weight is 243 g/mol. The van der Waals surface area contributed by atoms with Crippen LogP contribution in [-0.2, 0) is 0 Å². The lowest BCUT2D eigenvalue weighted by molar-refractivity contribution is 0.155. The molecule has 0 aliphatic heterocycles. The Morgan fingerprint density at radius 1 is 1.11 bits per heavy atom. The maximum absolute atomic E-state index is 3.83. The quantitative estimate of drug-likeness (QED) is 0.799. The molecule has 1 nitrogen and oxygen atoms in total. The van der Waals surface area contributed by atoms with Crippen LogP contribution in [0.2, 0.25) is 0 Å². The Labute approximate surface area is 111 Å². The first-order chi connectivity index (χ1) is 8.42. The van der Waals surface area contributed by atoms with E-state index >= 15 is 0 Å². The van der Waals surface area contributed by atoms with Gasteiger partial charge in [-0.15, -0.1) is 0 Å². The minimum absolute atomic E-state index is 0.428. The molecule has 0 radical (unpaired) electrons. The van der Waals surface area contributed by atoms with Gasteiger partial charge in [-0.1, -0.05) is 38.5 Å². The highest BCUT2D eigenvalue weighted by Gasteiger charge is 2.59. The first-order valence-corrected chi connectivity index (χ1v) is 7.25. The second-order valence-corrected chi connectivity index (χ2v) is 7.36. The van der Waals surface area contributed by atoms with E-state index in [1.165, 1.54) is 30.5 Å². The molecule has 2 aliphatic carbocycles. The predicted molar refractivity (Wildman–Crippen MR) is 77.8 cm³/mol. The van der Waals surface area contributed by atoms with Crippen molar-refractivity contribution >= 4 is 5.69 Å². The maximum Gasteiger partial charge on any atom is 0.0368 e. The number of hydrogen-bond acceptors (Lipinski definition) is 1. The zero-order valence-electron chi connectivity index (χ0n) is 12.1. The summed E-state index contributed by atoms with van der Waals surface area (Å²) in [6.45, 7) is 9.53. The van der Waals surface area contributed by atoms with Crippen LogP contribution < -0.4 is 5.32 Å². The number of rotatable bonds is 2. The Bertz CT molecular complexity index is 440. The topological polar surface area (TPSA) is 12.0 Å². The van der Waals surface area contributed by atoms with Crippen LogP contribution in [0.3, 0.4) is 0 Å². The number of benzene rings is 1. The van der Waals surface area contributed by atoms with Gasteiger partial charge < -0.3 is 5.32 Å². The lowest BCUT2D eigenvalue weighted by atomic mass is 9.68. The van der Waals surface area contributed by atoms with Crippen molar-refractivity contribution in [1.29, 1.82) is 0 Å². The lowest BCUT2D eigenvalue weighted by Gasteiger charge is -2.43. The van der Waals surface area contributed by atoms with Gasteiger partial charge in [-0.05, 0) is 55.1 Å². The van der Waals surface area contributed by atoms with Crippen LogP contribution in [0, 0.1) is 23.7 Å². The molecule has 0 saturated heterocycles. The van der Waals surface area contributed by atoms with Crippen molar-refractivity contribution in [3.05, 3.63) is 29.8 Å². The van der Waals surface area contributed by atoms with Gasteiger partial charge in [0, 0.05) is 11.7 Å². The van der Waals surface area contributed by atoms with Gasteiger partial charge in [-0.2, -0.15) is 0 Å². The largest absolute Gasteiger partial charge is 0.381 e. The van der Waals surface area contributed by atoms with Crippen LogP contribution in [0.1, 0.15) is 45.6 Å². The number of hydrogen-bond donors (Lipinski definition) is 1. The molecule has 1 aromatic rings. The molecule has 3 rings (SSSR count). The Morgan fingerprint density at radius 2 is 1.78 bits per heavy atom. The van der Waals surface area contributed by atoms with Crippen molar-refractivity contribution in [1.82, 2.24) is 0 Å². The molecule has 2 aliphatic rings. The van der Waals surface area contributed by atoms with E-state index < -0.39 is 0 Å². The number of aryl methyl sites for hydroxylation is 1. The summed E-state index contributed by atoms with van der Waals surface area (Å²) in [6, 6.07) is 9.46. The fraction of sp³-hybridized carbons (Fsp3) is 0.647. The molecule has 2 fully saturated rings. The summed E-state index contributed by atoms with van der Waals surface area (Å²) >= 11 is 0. The summed E-state index contributed by atoms with van der Waals surface area (Å²) in [4.78, 5) is 0. The summed E-state index contributed by atoms with van der Waals surface area (Å²) in [5.41, 5.74) is 3.54. The summed E-state index contributed by atoms with van der Waals surface area (Å²) < 4.78 is 0. The molecule has 0 aromatic heterocycles. The van der Waals surface area contributed by atoms with E-state index in [-0.39, 0.29) is 0 Å². The van der Waals surface area contributed by atoms with Gasteiger partial charge in [0.15, 0.2) is 0 Å². The van der Waals surface area contributed by atoms with Crippen molar-refractivity contribution in [2.45, 2.75) is 53.0 Å². The van der Waals surface area contributed by atoms with E-state index in [4.69, 9.17) is 0 Å². The minimum Gasteiger partial charge on any atom is -0.381 e. The van der Waals surface area contributed by atoms with E-state index in [1.54, 1.807) is 0 Å². The SMILES string of the molecule is Cc1ccc(NC2C(C)(C)[C@H]3CC[C@]2(C)C3)cc1. The Balaban J connectivity index is 1.86. The summed E-state index contributed by atoms with van der Waals surface area (Å²) in [5, 5.41) is 3.83. The van der Waals surface area contributed by atoms with Crippen molar-refractivity contribution in [3.63, 3.8) is 0 Å². The van der Waals surface area contributed by atoms with Crippen molar-refractivity contribution in [2.24, 2.45) is 16.7 Å². The molecule has 18 heavy (non-hydrogen) atoms. The van der Waals surface area contributed by atoms with Crippen LogP contribution >= 0.6 is 0 Å². The van der Waals surface area contributed by atoms with Crippen molar-refractivity contribution in [3.8, 4) is 0 Å². The lowest BCUT2D eigenvalue weighted by Crippen LogP contribution is -2.45. The average Bonchev–Trinajstić information content (AvgIpc) is 2.78. The molecule has 0 spiro atoms. The smallest absolute Gasteiger partial charge is 0.0368 e. The van der Waals surface area contributed by atoms with Gasteiger partial charge >= 0.3 is 0 Å². The highest BCUT2D eigenvalue weighted by Crippen LogP contribution is 2.63. The second-order valence-electron chi connectivity index (χ2n) is 7.36. The molecule has 0 amide bonds. The summed E-state index contributed by atoms with van der Waals surface area (Å²) in [6.07, 6.45) is 4.23. The molecule has 1 unspecified atom stereocenters. The summed E-state index contributed by atoms with van der Waals surface area (Å²) in [5.74, 6) is 0.908. The molecule has 2 bridgehead atoms. The van der Waals surface area contributed by atoms with E-state index in [9.17, 15) is 0 Å². The molecule has 1 heteroatoms. The van der Waals surface area contributed by atoms with Gasteiger partial charge in [0.25, 0.3) is 0 Å². The zero-order valence-corrected chi connectivity index (χ0v) is 12.1. The van der Waals surface area contributed by atoms with Crippen LogP contribution in [0.25, 0.3) is 0 Å². The Hall–Kier alpha value is -0.980. The van der Waals surface area contributed by atoms with Gasteiger partial charge in [0.1, 0.15) is 0 Å². The second kappa shape index (κ2) is 3.76. The van der Waals surface area contributed by atoms with E-state index in [0.717, 1.165) is 5.92 Å². The third-order valence-corrected chi connectivity index (χ3v) is 5.63. The molecule has 98 valence electrons. The number of anilines is 1. The molecule has 0 heterocycles. The highest BCUT2D eigenvalue weighted by atomic mass is 15.0. The first-order valence-electron chi connectivity index (χ1n) is 7.25. The Morgan fingerprint density at radius 3 is 2.33 bits per heavy atom. The van der Waals surface area contributed by atoms with E-state index in [1.807, 2.05) is 0 Å². The first kappa shape index (κ1) is 12.1. The normalized spacial score (nSPS) is 36.9. The van der Waals surface area contributed by atoms with Crippen LogP contribution in [0.4, 0.5) is 5.69 Å². The molecule has 1 aromatic carbocycles. The Kier molecular flexibility index (Phi) is 2.52. The molecule has 2 saturated carbocycles. The van der Waals surface area contributed by atoms with Gasteiger partial charge in [0.05, 0.1) is 0 Å². The van der Waals surface area contributed by atoms with Crippen molar-refractivity contribution in [2.75, 3.05) is 5.32 Å². The molecular formula is C17H25N. The predicted octanol–water partition coefficient (Wildman–Crippen LogP) is 4.62. The van der Waals surface area contributed by atoms with Crippen LogP contribution in [-0.4, -0.2) is 6.04 Å². The molecule has 3 atom stereocenters. The van der Waals surface area contributed by atoms with Gasteiger partial charge in [-0.25, -0.2) is 0 Å². The maximum atomic E-state index is 3.83.